The molecule has 3 heterocycles. The molecule has 6 nitrogen and oxygen atoms in total. The van der Waals surface area contributed by atoms with Crippen LogP contribution >= 0.6 is 0 Å². The molecular formula is C25H24N4O2. The van der Waals surface area contributed by atoms with Gasteiger partial charge < -0.3 is 9.47 Å². The molecule has 156 valence electrons. The van der Waals surface area contributed by atoms with Gasteiger partial charge in [-0.2, -0.15) is 0 Å². The average Bonchev–Trinajstić information content (AvgIpc) is 2.85. The summed E-state index contributed by atoms with van der Waals surface area (Å²) < 4.78 is 11.3. The summed E-state index contributed by atoms with van der Waals surface area (Å²) in [4.78, 5) is 16.2. The molecule has 6 heteroatoms. The second-order valence-electron chi connectivity index (χ2n) is 7.64. The predicted octanol–water partition coefficient (Wildman–Crippen LogP) is 4.27. The molecule has 0 amide bonds. The molecule has 1 fully saturated rings. The molecule has 1 saturated heterocycles. The minimum absolute atomic E-state index is 0.104. The van der Waals surface area contributed by atoms with Crippen LogP contribution in [0.25, 0.3) is 22.2 Å². The van der Waals surface area contributed by atoms with Gasteiger partial charge in [-0.15, -0.1) is 0 Å². The van der Waals surface area contributed by atoms with Gasteiger partial charge in [-0.25, -0.2) is 4.98 Å². The molecule has 5 rings (SSSR count). The van der Waals surface area contributed by atoms with Crippen LogP contribution in [0.2, 0.25) is 0 Å². The van der Waals surface area contributed by atoms with Crippen molar-refractivity contribution in [2.75, 3.05) is 26.8 Å². The molecule has 31 heavy (non-hydrogen) atoms. The van der Waals surface area contributed by atoms with E-state index in [-0.39, 0.29) is 6.10 Å². The molecule has 0 radical (unpaired) electrons. The van der Waals surface area contributed by atoms with Gasteiger partial charge in [0.05, 0.1) is 43.0 Å². The number of pyridine rings is 1. The topological polar surface area (TPSA) is 60.4 Å². The van der Waals surface area contributed by atoms with Crippen molar-refractivity contribution in [1.82, 2.24) is 19.9 Å². The van der Waals surface area contributed by atoms with Crippen LogP contribution in [0.4, 0.5) is 0 Å². The molecule has 0 unspecified atom stereocenters. The number of rotatable bonds is 5. The summed E-state index contributed by atoms with van der Waals surface area (Å²) in [5.41, 5.74) is 5.01. The van der Waals surface area contributed by atoms with Gasteiger partial charge in [0.15, 0.2) is 0 Å². The Balaban J connectivity index is 1.34. The molecule has 1 aliphatic heterocycles. The van der Waals surface area contributed by atoms with Crippen molar-refractivity contribution >= 4 is 10.9 Å². The second kappa shape index (κ2) is 8.79. The van der Waals surface area contributed by atoms with Crippen LogP contribution in [0.5, 0.6) is 5.75 Å². The van der Waals surface area contributed by atoms with Gasteiger partial charge in [0, 0.05) is 36.8 Å². The maximum Gasteiger partial charge on any atom is 0.118 e. The van der Waals surface area contributed by atoms with Crippen molar-refractivity contribution in [2.45, 2.75) is 12.6 Å². The van der Waals surface area contributed by atoms with Crippen molar-refractivity contribution < 1.29 is 9.47 Å². The molecule has 0 spiro atoms. The number of aromatic nitrogens is 3. The van der Waals surface area contributed by atoms with Gasteiger partial charge in [-0.05, 0) is 42.0 Å². The van der Waals surface area contributed by atoms with Crippen molar-refractivity contribution in [3.05, 3.63) is 84.4 Å². The number of methoxy groups -OCH3 is 1. The molecule has 0 aliphatic carbocycles. The van der Waals surface area contributed by atoms with Crippen LogP contribution < -0.4 is 4.74 Å². The minimum atomic E-state index is -0.104. The monoisotopic (exact) mass is 412 g/mol. The Bertz CT molecular complexity index is 1170. The normalized spacial score (nSPS) is 17.0. The summed E-state index contributed by atoms with van der Waals surface area (Å²) in [5, 5.41) is 1.20. The van der Waals surface area contributed by atoms with Gasteiger partial charge >= 0.3 is 0 Å². The molecule has 2 aromatic heterocycles. The number of benzene rings is 2. The van der Waals surface area contributed by atoms with Gasteiger partial charge in [-0.1, -0.05) is 18.2 Å². The highest BCUT2D eigenvalue weighted by Gasteiger charge is 2.24. The maximum absolute atomic E-state index is 6.07. The molecule has 4 aromatic rings. The van der Waals surface area contributed by atoms with E-state index < -0.39 is 0 Å². The lowest BCUT2D eigenvalue weighted by Crippen LogP contribution is -2.38. The number of hydrogen-bond donors (Lipinski definition) is 0. The van der Waals surface area contributed by atoms with E-state index in [0.717, 1.165) is 47.9 Å². The number of ether oxygens (including phenoxy) is 2. The standard InChI is InChI=1S/C25H24N4O2/c1-30-20-9-7-18(8-10-20)23-14-26-15-24(28-23)25-17-29(12-13-31-25)16-19-4-2-6-22-21(19)5-3-11-27-22/h2-11,14-15,25H,12-13,16-17H2,1H3/t25-/m0/s1. The molecular weight excluding hydrogens is 388 g/mol. The highest BCUT2D eigenvalue weighted by atomic mass is 16.5. The first-order chi connectivity index (χ1) is 15.3. The summed E-state index contributed by atoms with van der Waals surface area (Å²) in [5.74, 6) is 0.822. The SMILES string of the molecule is COc1ccc(-c2cncc([C@@H]3CN(Cc4cccc5ncccc45)CCO3)n2)cc1. The predicted molar refractivity (Wildman–Crippen MR) is 120 cm³/mol. The number of fused-ring (bicyclic) bond motifs is 1. The van der Waals surface area contributed by atoms with Crippen LogP contribution in [-0.4, -0.2) is 46.7 Å². The first kappa shape index (κ1) is 19.6. The molecule has 0 bridgehead atoms. The summed E-state index contributed by atoms with van der Waals surface area (Å²) >= 11 is 0. The van der Waals surface area contributed by atoms with E-state index in [1.165, 1.54) is 10.9 Å². The minimum Gasteiger partial charge on any atom is -0.497 e. The van der Waals surface area contributed by atoms with Crippen molar-refractivity contribution in [3.8, 4) is 17.0 Å². The third-order valence-electron chi connectivity index (χ3n) is 5.65. The Morgan fingerprint density at radius 3 is 2.84 bits per heavy atom. The third-order valence-corrected chi connectivity index (χ3v) is 5.65. The first-order valence-corrected chi connectivity index (χ1v) is 10.4. The molecule has 0 N–H and O–H groups in total. The number of hydrogen-bond acceptors (Lipinski definition) is 6. The van der Waals surface area contributed by atoms with Crippen LogP contribution in [0, 0.1) is 0 Å². The van der Waals surface area contributed by atoms with E-state index in [4.69, 9.17) is 14.5 Å². The second-order valence-corrected chi connectivity index (χ2v) is 7.64. The summed E-state index contributed by atoms with van der Waals surface area (Å²) in [7, 11) is 1.66. The van der Waals surface area contributed by atoms with E-state index in [0.29, 0.717) is 6.61 Å². The Morgan fingerprint density at radius 1 is 1.06 bits per heavy atom. The van der Waals surface area contributed by atoms with E-state index in [2.05, 4.69) is 39.1 Å². The molecule has 0 saturated carbocycles. The Kier molecular flexibility index (Phi) is 5.56. The first-order valence-electron chi connectivity index (χ1n) is 10.4. The Morgan fingerprint density at radius 2 is 1.97 bits per heavy atom. The Hall–Kier alpha value is -3.35. The summed E-state index contributed by atoms with van der Waals surface area (Å²) in [6, 6.07) is 18.3. The lowest BCUT2D eigenvalue weighted by atomic mass is 10.1. The zero-order chi connectivity index (χ0) is 21.0. The third kappa shape index (κ3) is 4.26. The maximum atomic E-state index is 6.07. The van der Waals surface area contributed by atoms with Crippen LogP contribution in [0.1, 0.15) is 17.4 Å². The lowest BCUT2D eigenvalue weighted by Gasteiger charge is -2.32. The summed E-state index contributed by atoms with van der Waals surface area (Å²) in [6.07, 6.45) is 5.33. The quantitative estimate of drug-likeness (QED) is 0.488. The van der Waals surface area contributed by atoms with Gasteiger partial charge in [0.1, 0.15) is 11.9 Å². The molecule has 1 atom stereocenters. The highest BCUT2D eigenvalue weighted by Crippen LogP contribution is 2.26. The average molecular weight is 412 g/mol. The van der Waals surface area contributed by atoms with E-state index in [1.54, 1.807) is 13.3 Å². The fourth-order valence-corrected chi connectivity index (χ4v) is 4.01. The van der Waals surface area contributed by atoms with Crippen molar-refractivity contribution in [3.63, 3.8) is 0 Å². The smallest absolute Gasteiger partial charge is 0.118 e. The van der Waals surface area contributed by atoms with E-state index in [1.807, 2.05) is 42.7 Å². The number of nitrogens with zero attached hydrogens (tertiary/aromatic N) is 4. The Labute approximate surface area is 181 Å². The fraction of sp³-hybridized carbons (Fsp3) is 0.240. The van der Waals surface area contributed by atoms with Crippen molar-refractivity contribution in [2.24, 2.45) is 0 Å². The van der Waals surface area contributed by atoms with E-state index >= 15 is 0 Å². The van der Waals surface area contributed by atoms with Gasteiger partial charge in [-0.3, -0.25) is 14.9 Å². The molecule has 1 aliphatic rings. The fourth-order valence-electron chi connectivity index (χ4n) is 4.01. The summed E-state index contributed by atoms with van der Waals surface area (Å²) in [6.45, 7) is 3.19. The van der Waals surface area contributed by atoms with Crippen LogP contribution in [0.15, 0.2) is 73.2 Å². The van der Waals surface area contributed by atoms with E-state index in [9.17, 15) is 0 Å². The lowest BCUT2D eigenvalue weighted by molar-refractivity contribution is -0.0349. The van der Waals surface area contributed by atoms with Crippen LogP contribution in [-0.2, 0) is 11.3 Å². The number of morpholine rings is 1. The highest BCUT2D eigenvalue weighted by molar-refractivity contribution is 5.81. The van der Waals surface area contributed by atoms with Crippen LogP contribution in [0.3, 0.4) is 0 Å². The van der Waals surface area contributed by atoms with Gasteiger partial charge in [0.25, 0.3) is 0 Å². The van der Waals surface area contributed by atoms with Gasteiger partial charge in [0.2, 0.25) is 0 Å². The largest absolute Gasteiger partial charge is 0.497 e. The zero-order valence-electron chi connectivity index (χ0n) is 17.4. The van der Waals surface area contributed by atoms with Crippen molar-refractivity contribution in [1.29, 1.82) is 0 Å². The zero-order valence-corrected chi connectivity index (χ0v) is 17.4. The molecule has 2 aromatic carbocycles.